The van der Waals surface area contributed by atoms with Gasteiger partial charge in [-0.15, -0.1) is 0 Å². The molecular weight excluding hydrogens is 318 g/mol. The summed E-state index contributed by atoms with van der Waals surface area (Å²) in [5, 5.41) is 6.15. The zero-order valence-electron chi connectivity index (χ0n) is 11.4. The van der Waals surface area contributed by atoms with E-state index in [0.29, 0.717) is 29.8 Å². The van der Waals surface area contributed by atoms with Crippen LogP contribution in [0.3, 0.4) is 0 Å². The molecule has 3 nitrogen and oxygen atoms in total. The molecule has 0 aliphatic carbocycles. The highest BCUT2D eigenvalue weighted by molar-refractivity contribution is 7.99. The van der Waals surface area contributed by atoms with Crippen LogP contribution >= 0.6 is 23.4 Å². The van der Waals surface area contributed by atoms with Crippen molar-refractivity contribution in [1.29, 1.82) is 0 Å². The quantitative estimate of drug-likeness (QED) is 0.773. The van der Waals surface area contributed by atoms with Gasteiger partial charge in [0.1, 0.15) is 0 Å². The molecule has 0 saturated carbocycles. The minimum Gasteiger partial charge on any atom is -0.325 e. The first-order valence-corrected chi connectivity index (χ1v) is 8.06. The van der Waals surface area contributed by atoms with Crippen LogP contribution in [-0.4, -0.2) is 24.8 Å². The number of halogens is 3. The van der Waals surface area contributed by atoms with E-state index in [-0.39, 0.29) is 15.8 Å². The molecular formula is C14H17ClF2N2OS. The van der Waals surface area contributed by atoms with E-state index in [1.165, 1.54) is 6.07 Å². The summed E-state index contributed by atoms with van der Waals surface area (Å²) in [7, 11) is 0. The first kappa shape index (κ1) is 16.5. The zero-order valence-corrected chi connectivity index (χ0v) is 12.9. The Hall–Kier alpha value is -0.850. The fourth-order valence-electron chi connectivity index (χ4n) is 2.32. The maximum atomic E-state index is 12.6. The Morgan fingerprint density at radius 2 is 2.33 bits per heavy atom. The molecule has 21 heavy (non-hydrogen) atoms. The molecule has 1 aromatic carbocycles. The Bertz CT molecular complexity index is 496. The lowest BCUT2D eigenvalue weighted by atomic mass is 10.0. The molecule has 2 N–H and O–H groups in total. The van der Waals surface area contributed by atoms with Gasteiger partial charge in [0.15, 0.2) is 0 Å². The minimum absolute atomic E-state index is 0.166. The number of anilines is 1. The Labute approximate surface area is 131 Å². The van der Waals surface area contributed by atoms with Gasteiger partial charge in [0.2, 0.25) is 5.91 Å². The average molecular weight is 335 g/mol. The summed E-state index contributed by atoms with van der Waals surface area (Å²) in [4.78, 5) is 12.2. The highest BCUT2D eigenvalue weighted by Crippen LogP contribution is 2.37. The summed E-state index contributed by atoms with van der Waals surface area (Å²) in [5.74, 6) is -2.23. The smallest absolute Gasteiger partial charge is 0.289 e. The Morgan fingerprint density at radius 1 is 1.52 bits per heavy atom. The lowest BCUT2D eigenvalue weighted by molar-refractivity contribution is -0.116. The van der Waals surface area contributed by atoms with Crippen LogP contribution in [0.4, 0.5) is 14.5 Å². The SMILES string of the molecule is O=C(CCC1CCNC1)Nc1cccc(Cl)c1SC(F)F. The van der Waals surface area contributed by atoms with Crippen molar-refractivity contribution in [2.45, 2.75) is 29.9 Å². The molecule has 116 valence electrons. The highest BCUT2D eigenvalue weighted by atomic mass is 35.5. The molecule has 1 fully saturated rings. The summed E-state index contributed by atoms with van der Waals surface area (Å²) in [5.41, 5.74) is 0.349. The fourth-order valence-corrected chi connectivity index (χ4v) is 3.24. The van der Waals surface area contributed by atoms with Crippen molar-refractivity contribution in [3.8, 4) is 0 Å². The Balaban J connectivity index is 1.94. The summed E-state index contributed by atoms with van der Waals surface area (Å²) >= 11 is 6.27. The number of carbonyl (C=O) groups is 1. The van der Waals surface area contributed by atoms with Gasteiger partial charge in [-0.05, 0) is 44.0 Å². The second-order valence-electron chi connectivity index (χ2n) is 4.94. The molecule has 1 atom stereocenters. The number of carbonyl (C=O) groups excluding carboxylic acids is 1. The monoisotopic (exact) mass is 334 g/mol. The van der Waals surface area contributed by atoms with Gasteiger partial charge in [0.25, 0.3) is 5.76 Å². The van der Waals surface area contributed by atoms with Crippen molar-refractivity contribution in [3.05, 3.63) is 23.2 Å². The van der Waals surface area contributed by atoms with Crippen LogP contribution in [-0.2, 0) is 4.79 Å². The fraction of sp³-hybridized carbons (Fsp3) is 0.500. The Kier molecular flexibility index (Phi) is 6.26. The largest absolute Gasteiger partial charge is 0.325 e. The molecule has 0 bridgehead atoms. The summed E-state index contributed by atoms with van der Waals surface area (Å²) in [6.07, 6.45) is 2.27. The van der Waals surface area contributed by atoms with Crippen LogP contribution in [0, 0.1) is 5.92 Å². The lowest BCUT2D eigenvalue weighted by Gasteiger charge is -2.13. The van der Waals surface area contributed by atoms with Gasteiger partial charge in [-0.1, -0.05) is 29.4 Å². The van der Waals surface area contributed by atoms with Crippen molar-refractivity contribution < 1.29 is 13.6 Å². The molecule has 0 radical (unpaired) electrons. The molecule has 1 unspecified atom stereocenters. The van der Waals surface area contributed by atoms with E-state index in [4.69, 9.17) is 11.6 Å². The predicted octanol–water partition coefficient (Wildman–Crippen LogP) is 3.98. The van der Waals surface area contributed by atoms with E-state index >= 15 is 0 Å². The molecule has 1 aliphatic rings. The number of hydrogen-bond acceptors (Lipinski definition) is 3. The van der Waals surface area contributed by atoms with E-state index in [2.05, 4.69) is 10.6 Å². The molecule has 1 amide bonds. The van der Waals surface area contributed by atoms with Gasteiger partial charge in [-0.3, -0.25) is 4.79 Å². The first-order valence-electron chi connectivity index (χ1n) is 6.80. The number of rotatable bonds is 6. The number of nitrogens with one attached hydrogen (secondary N) is 2. The third kappa shape index (κ3) is 5.13. The normalized spacial score (nSPS) is 18.2. The molecule has 1 heterocycles. The lowest BCUT2D eigenvalue weighted by Crippen LogP contribution is -2.15. The van der Waals surface area contributed by atoms with Crippen LogP contribution in [0.5, 0.6) is 0 Å². The van der Waals surface area contributed by atoms with E-state index in [9.17, 15) is 13.6 Å². The van der Waals surface area contributed by atoms with Gasteiger partial charge < -0.3 is 10.6 Å². The highest BCUT2D eigenvalue weighted by Gasteiger charge is 2.18. The second kappa shape index (κ2) is 7.96. The van der Waals surface area contributed by atoms with Crippen LogP contribution in [0.1, 0.15) is 19.3 Å². The molecule has 2 rings (SSSR count). The van der Waals surface area contributed by atoms with Gasteiger partial charge in [-0.2, -0.15) is 8.78 Å². The average Bonchev–Trinajstić information content (AvgIpc) is 2.93. The van der Waals surface area contributed by atoms with Crippen molar-refractivity contribution >= 4 is 35.0 Å². The number of benzene rings is 1. The van der Waals surface area contributed by atoms with E-state index in [1.54, 1.807) is 12.1 Å². The standard InChI is InChI=1S/C14H17ClF2N2OS/c15-10-2-1-3-11(13(10)21-14(16)17)19-12(20)5-4-9-6-7-18-8-9/h1-3,9,14,18H,4-8H2,(H,19,20). The van der Waals surface area contributed by atoms with Gasteiger partial charge in [0.05, 0.1) is 15.6 Å². The molecule has 7 heteroatoms. The third-order valence-electron chi connectivity index (χ3n) is 3.39. The van der Waals surface area contributed by atoms with Gasteiger partial charge in [0, 0.05) is 6.42 Å². The summed E-state index contributed by atoms with van der Waals surface area (Å²) in [6, 6.07) is 4.76. The summed E-state index contributed by atoms with van der Waals surface area (Å²) < 4.78 is 25.1. The van der Waals surface area contributed by atoms with Crippen LogP contribution in [0.25, 0.3) is 0 Å². The number of thioether (sulfide) groups is 1. The van der Waals surface area contributed by atoms with Crippen LogP contribution in [0.15, 0.2) is 23.1 Å². The molecule has 0 spiro atoms. The molecule has 1 saturated heterocycles. The van der Waals surface area contributed by atoms with Crippen molar-refractivity contribution in [1.82, 2.24) is 5.32 Å². The Morgan fingerprint density at radius 3 is 3.00 bits per heavy atom. The van der Waals surface area contributed by atoms with Crippen molar-refractivity contribution in [3.63, 3.8) is 0 Å². The van der Waals surface area contributed by atoms with Crippen molar-refractivity contribution in [2.75, 3.05) is 18.4 Å². The van der Waals surface area contributed by atoms with Crippen LogP contribution < -0.4 is 10.6 Å². The number of amides is 1. The topological polar surface area (TPSA) is 41.1 Å². The maximum absolute atomic E-state index is 12.6. The number of alkyl halides is 2. The molecule has 1 aliphatic heterocycles. The molecule has 0 aromatic heterocycles. The predicted molar refractivity (Wildman–Crippen MR) is 82.2 cm³/mol. The van der Waals surface area contributed by atoms with E-state index < -0.39 is 5.76 Å². The van der Waals surface area contributed by atoms with Crippen molar-refractivity contribution in [2.24, 2.45) is 5.92 Å². The molecule has 1 aromatic rings. The first-order chi connectivity index (χ1) is 10.1. The third-order valence-corrected chi connectivity index (χ3v) is 4.67. The van der Waals surface area contributed by atoms with Gasteiger partial charge in [-0.25, -0.2) is 0 Å². The summed E-state index contributed by atoms with van der Waals surface area (Å²) in [6.45, 7) is 1.94. The van der Waals surface area contributed by atoms with Crippen LogP contribution in [0.2, 0.25) is 5.02 Å². The zero-order chi connectivity index (χ0) is 15.2. The van der Waals surface area contributed by atoms with E-state index in [0.717, 1.165) is 25.9 Å². The second-order valence-corrected chi connectivity index (χ2v) is 6.35. The van der Waals surface area contributed by atoms with Gasteiger partial charge >= 0.3 is 0 Å². The number of hydrogen-bond donors (Lipinski definition) is 2. The maximum Gasteiger partial charge on any atom is 0.289 e. The van der Waals surface area contributed by atoms with E-state index in [1.807, 2.05) is 0 Å². The minimum atomic E-state index is -2.58.